The highest BCUT2D eigenvalue weighted by Crippen LogP contribution is 2.24. The Bertz CT molecular complexity index is 351. The first-order valence-electron chi connectivity index (χ1n) is 4.79. The number of thioether (sulfide) groups is 1. The van der Waals surface area contributed by atoms with Gasteiger partial charge in [-0.05, 0) is 32.4 Å². The van der Waals surface area contributed by atoms with E-state index < -0.39 is 0 Å². The number of rotatable bonds is 4. The van der Waals surface area contributed by atoms with Crippen LogP contribution in [0.1, 0.15) is 20.3 Å². The zero-order valence-electron chi connectivity index (χ0n) is 9.03. The maximum atomic E-state index is 8.84. The zero-order chi connectivity index (χ0) is 11.3. The van der Waals surface area contributed by atoms with Gasteiger partial charge in [0.25, 0.3) is 0 Å². The second kappa shape index (κ2) is 5.04. The van der Waals surface area contributed by atoms with Crippen LogP contribution in [0.5, 0.6) is 0 Å². The van der Waals surface area contributed by atoms with Gasteiger partial charge in [-0.3, -0.25) is 0 Å². The van der Waals surface area contributed by atoms with Crippen LogP contribution in [0, 0.1) is 16.7 Å². The number of anilines is 1. The molecule has 0 unspecified atom stereocenters. The molecule has 0 radical (unpaired) electrons. The molecule has 0 atom stereocenters. The van der Waals surface area contributed by atoms with Crippen LogP contribution in [0.15, 0.2) is 23.4 Å². The Morgan fingerprint density at radius 2 is 2.27 bits per heavy atom. The molecule has 3 nitrogen and oxygen atoms in total. The molecule has 0 aliphatic rings. The summed E-state index contributed by atoms with van der Waals surface area (Å²) in [7, 11) is 0. The normalized spacial score (nSPS) is 11.0. The summed E-state index contributed by atoms with van der Waals surface area (Å²) in [6.45, 7) is 3.90. The van der Waals surface area contributed by atoms with E-state index in [1.807, 2.05) is 26.0 Å². The minimum atomic E-state index is -0.249. The van der Waals surface area contributed by atoms with Crippen LogP contribution in [0.25, 0.3) is 0 Å². The summed E-state index contributed by atoms with van der Waals surface area (Å²) in [6, 6.07) is 6.02. The molecule has 0 fully saturated rings. The Hall–Kier alpha value is -1.21. The maximum Gasteiger partial charge on any atom is 0.0961 e. The van der Waals surface area contributed by atoms with Gasteiger partial charge in [-0.25, -0.2) is 4.98 Å². The highest BCUT2D eigenvalue weighted by atomic mass is 32.2. The van der Waals surface area contributed by atoms with Gasteiger partial charge in [-0.15, -0.1) is 11.8 Å². The Balaban J connectivity index is 2.39. The quantitative estimate of drug-likeness (QED) is 0.794. The van der Waals surface area contributed by atoms with Crippen LogP contribution < -0.4 is 5.73 Å². The van der Waals surface area contributed by atoms with Crippen molar-refractivity contribution in [3.63, 3.8) is 0 Å². The summed E-state index contributed by atoms with van der Waals surface area (Å²) in [5, 5.41) is 9.79. The predicted octanol–water partition coefficient (Wildman–Crippen LogP) is 2.70. The first kappa shape index (κ1) is 11.9. The summed E-state index contributed by atoms with van der Waals surface area (Å²) in [4.78, 5) is 4.18. The van der Waals surface area contributed by atoms with E-state index >= 15 is 0 Å². The van der Waals surface area contributed by atoms with Crippen molar-refractivity contribution in [1.29, 1.82) is 5.26 Å². The molecule has 1 aromatic rings. The Labute approximate surface area is 94.7 Å². The Morgan fingerprint density at radius 1 is 1.53 bits per heavy atom. The molecule has 0 aliphatic heterocycles. The van der Waals surface area contributed by atoms with E-state index in [1.165, 1.54) is 0 Å². The maximum absolute atomic E-state index is 8.84. The van der Waals surface area contributed by atoms with E-state index in [2.05, 4.69) is 11.1 Å². The second-order valence-electron chi connectivity index (χ2n) is 4.02. The summed E-state index contributed by atoms with van der Waals surface area (Å²) < 4.78 is 0. The van der Waals surface area contributed by atoms with Crippen LogP contribution in [0.2, 0.25) is 0 Å². The number of hydrogen-bond donors (Lipinski definition) is 1. The number of nitriles is 1. The lowest BCUT2D eigenvalue weighted by molar-refractivity contribution is 0.482. The van der Waals surface area contributed by atoms with Gasteiger partial charge in [0, 0.05) is 5.75 Å². The lowest BCUT2D eigenvalue weighted by atomic mass is 9.93. The first-order chi connectivity index (χ1) is 7.03. The van der Waals surface area contributed by atoms with Crippen molar-refractivity contribution in [3.05, 3.63) is 18.3 Å². The first-order valence-corrected chi connectivity index (χ1v) is 5.78. The topological polar surface area (TPSA) is 62.7 Å². The minimum Gasteiger partial charge on any atom is -0.397 e. The van der Waals surface area contributed by atoms with Crippen molar-refractivity contribution in [2.45, 2.75) is 25.3 Å². The summed E-state index contributed by atoms with van der Waals surface area (Å²) in [5.41, 5.74) is 5.96. The van der Waals surface area contributed by atoms with Crippen molar-refractivity contribution in [2.75, 3.05) is 11.5 Å². The molecule has 0 saturated carbocycles. The van der Waals surface area contributed by atoms with Crippen molar-refractivity contribution in [3.8, 4) is 6.07 Å². The Kier molecular flexibility index (Phi) is 3.98. The molecule has 15 heavy (non-hydrogen) atoms. The lowest BCUT2D eigenvalue weighted by Gasteiger charge is -2.13. The molecule has 1 rings (SSSR count). The number of aromatic nitrogens is 1. The smallest absolute Gasteiger partial charge is 0.0961 e. The van der Waals surface area contributed by atoms with Gasteiger partial charge < -0.3 is 5.73 Å². The zero-order valence-corrected chi connectivity index (χ0v) is 9.84. The van der Waals surface area contributed by atoms with Gasteiger partial charge in [-0.1, -0.05) is 0 Å². The van der Waals surface area contributed by atoms with E-state index in [-0.39, 0.29) is 5.41 Å². The van der Waals surface area contributed by atoms with Crippen molar-refractivity contribution in [2.24, 2.45) is 5.41 Å². The summed E-state index contributed by atoms with van der Waals surface area (Å²) >= 11 is 1.65. The van der Waals surface area contributed by atoms with Gasteiger partial charge >= 0.3 is 0 Å². The number of pyridine rings is 1. The standard InChI is InChI=1S/C11H15N3S/c1-11(2,8-12)5-6-15-10-4-3-9(13)7-14-10/h3-4,7H,5-6,13H2,1-2H3. The van der Waals surface area contributed by atoms with E-state index in [0.29, 0.717) is 5.69 Å². The molecule has 0 spiro atoms. The summed E-state index contributed by atoms with van der Waals surface area (Å²) in [5.74, 6) is 0.900. The summed E-state index contributed by atoms with van der Waals surface area (Å²) in [6.07, 6.45) is 2.51. The molecular weight excluding hydrogens is 206 g/mol. The lowest BCUT2D eigenvalue weighted by Crippen LogP contribution is -2.08. The predicted molar refractivity (Wildman–Crippen MR) is 63.4 cm³/mol. The van der Waals surface area contributed by atoms with Gasteiger partial charge in [-0.2, -0.15) is 5.26 Å². The molecule has 0 bridgehead atoms. The van der Waals surface area contributed by atoms with Crippen LogP contribution in [-0.2, 0) is 0 Å². The van der Waals surface area contributed by atoms with Gasteiger partial charge in [0.15, 0.2) is 0 Å². The average molecular weight is 221 g/mol. The van der Waals surface area contributed by atoms with Crippen molar-refractivity contribution in [1.82, 2.24) is 4.98 Å². The monoisotopic (exact) mass is 221 g/mol. The van der Waals surface area contributed by atoms with Crippen molar-refractivity contribution >= 4 is 17.4 Å². The molecule has 1 heterocycles. The third-order valence-electron chi connectivity index (χ3n) is 2.04. The number of nitrogen functional groups attached to an aromatic ring is 1. The highest BCUT2D eigenvalue weighted by molar-refractivity contribution is 7.99. The van der Waals surface area contributed by atoms with Crippen LogP contribution in [0.4, 0.5) is 5.69 Å². The van der Waals surface area contributed by atoms with Gasteiger partial charge in [0.1, 0.15) is 0 Å². The fraction of sp³-hybridized carbons (Fsp3) is 0.455. The highest BCUT2D eigenvalue weighted by Gasteiger charge is 2.15. The number of nitrogens with two attached hydrogens (primary N) is 1. The van der Waals surface area contributed by atoms with Crippen LogP contribution in [0.3, 0.4) is 0 Å². The molecule has 80 valence electrons. The minimum absolute atomic E-state index is 0.249. The van der Waals surface area contributed by atoms with Crippen LogP contribution >= 0.6 is 11.8 Å². The molecule has 2 N–H and O–H groups in total. The van der Waals surface area contributed by atoms with E-state index in [1.54, 1.807) is 18.0 Å². The molecule has 0 aliphatic carbocycles. The van der Waals surface area contributed by atoms with E-state index in [0.717, 1.165) is 17.2 Å². The average Bonchev–Trinajstić information content (AvgIpc) is 2.21. The van der Waals surface area contributed by atoms with E-state index in [9.17, 15) is 0 Å². The third kappa shape index (κ3) is 4.22. The molecular formula is C11H15N3S. The SMILES string of the molecule is CC(C)(C#N)CCSc1ccc(N)cn1. The second-order valence-corrected chi connectivity index (χ2v) is 5.14. The fourth-order valence-electron chi connectivity index (χ4n) is 0.944. The molecule has 0 amide bonds. The molecule has 0 aromatic carbocycles. The van der Waals surface area contributed by atoms with Crippen LogP contribution in [-0.4, -0.2) is 10.7 Å². The molecule has 4 heteroatoms. The third-order valence-corrected chi connectivity index (χ3v) is 2.98. The van der Waals surface area contributed by atoms with Crippen molar-refractivity contribution < 1.29 is 0 Å². The fourth-order valence-corrected chi connectivity index (χ4v) is 2.06. The molecule has 1 aromatic heterocycles. The number of nitrogens with zero attached hydrogens (tertiary/aromatic N) is 2. The van der Waals surface area contributed by atoms with Gasteiger partial charge in [0.2, 0.25) is 0 Å². The van der Waals surface area contributed by atoms with Gasteiger partial charge in [0.05, 0.1) is 28.4 Å². The molecule has 0 saturated heterocycles. The number of hydrogen-bond acceptors (Lipinski definition) is 4. The Morgan fingerprint density at radius 3 is 2.80 bits per heavy atom. The van der Waals surface area contributed by atoms with E-state index in [4.69, 9.17) is 11.0 Å². The largest absolute Gasteiger partial charge is 0.397 e.